The van der Waals surface area contributed by atoms with Gasteiger partial charge in [-0.05, 0) is 37.1 Å². The maximum atomic E-state index is 11.7. The number of amides is 1. The van der Waals surface area contributed by atoms with E-state index in [0.29, 0.717) is 13.0 Å². The number of anilines is 1. The van der Waals surface area contributed by atoms with Gasteiger partial charge in [-0.3, -0.25) is 4.79 Å². The van der Waals surface area contributed by atoms with E-state index in [1.807, 2.05) is 24.3 Å². The van der Waals surface area contributed by atoms with Crippen LogP contribution in [-0.4, -0.2) is 25.7 Å². The number of hydrogen-bond donors (Lipinski definition) is 2. The lowest BCUT2D eigenvalue weighted by molar-refractivity contribution is -0.117. The van der Waals surface area contributed by atoms with Crippen molar-refractivity contribution in [3.8, 4) is 0 Å². The molecular weight excluding hydrogens is 284 g/mol. The monoisotopic (exact) mass is 300 g/mol. The predicted molar refractivity (Wildman–Crippen MR) is 71.9 cm³/mol. The summed E-state index contributed by atoms with van der Waals surface area (Å²) in [6.45, 7) is 0.624. The van der Waals surface area contributed by atoms with Gasteiger partial charge in [-0.2, -0.15) is 0 Å². The van der Waals surface area contributed by atoms with Gasteiger partial charge in [-0.1, -0.05) is 15.9 Å². The minimum Gasteiger partial charge on any atom is -0.385 e. The average Bonchev–Trinajstić information content (AvgIpc) is 2.32. The molecule has 0 saturated heterocycles. The number of carbonyl (C=O) groups excluding carboxylic acids is 1. The number of ether oxygens (including phenoxy) is 1. The van der Waals surface area contributed by atoms with E-state index in [1.54, 1.807) is 7.11 Å². The molecule has 1 amide bonds. The molecule has 1 aromatic carbocycles. The zero-order chi connectivity index (χ0) is 12.7. The van der Waals surface area contributed by atoms with Crippen LogP contribution in [0.15, 0.2) is 28.7 Å². The van der Waals surface area contributed by atoms with E-state index in [4.69, 9.17) is 10.5 Å². The topological polar surface area (TPSA) is 64.3 Å². The SMILES string of the molecule is COCCCC(N)C(=O)Nc1ccc(Br)cc1. The molecule has 1 rings (SSSR count). The number of rotatable bonds is 6. The number of carbonyl (C=O) groups is 1. The molecule has 0 radical (unpaired) electrons. The minimum absolute atomic E-state index is 0.163. The summed E-state index contributed by atoms with van der Waals surface area (Å²) in [7, 11) is 1.63. The Hall–Kier alpha value is -0.910. The standard InChI is InChI=1S/C12H17BrN2O2/c1-17-8-2-3-11(14)12(16)15-10-6-4-9(13)5-7-10/h4-7,11H,2-3,8,14H2,1H3,(H,15,16). The van der Waals surface area contributed by atoms with Crippen molar-refractivity contribution in [3.63, 3.8) is 0 Å². The van der Waals surface area contributed by atoms with Crippen molar-refractivity contribution >= 4 is 27.5 Å². The number of nitrogens with one attached hydrogen (secondary N) is 1. The molecule has 0 aliphatic rings. The predicted octanol–water partition coefficient (Wildman–Crippen LogP) is 2.14. The van der Waals surface area contributed by atoms with Gasteiger partial charge in [0.05, 0.1) is 6.04 Å². The van der Waals surface area contributed by atoms with Crippen molar-refractivity contribution in [3.05, 3.63) is 28.7 Å². The first kappa shape index (κ1) is 14.2. The fourth-order valence-electron chi connectivity index (χ4n) is 1.35. The first-order valence-corrected chi connectivity index (χ1v) is 6.23. The second-order valence-electron chi connectivity index (χ2n) is 3.74. The second-order valence-corrected chi connectivity index (χ2v) is 4.65. The summed E-state index contributed by atoms with van der Waals surface area (Å²) in [5, 5.41) is 2.77. The molecule has 1 atom stereocenters. The third-order valence-corrected chi connectivity index (χ3v) is 2.84. The molecule has 0 aliphatic heterocycles. The van der Waals surface area contributed by atoms with E-state index in [-0.39, 0.29) is 5.91 Å². The van der Waals surface area contributed by atoms with Crippen LogP contribution < -0.4 is 11.1 Å². The highest BCUT2D eigenvalue weighted by molar-refractivity contribution is 9.10. The zero-order valence-electron chi connectivity index (χ0n) is 9.78. The van der Waals surface area contributed by atoms with Crippen LogP contribution >= 0.6 is 15.9 Å². The largest absolute Gasteiger partial charge is 0.385 e. The van der Waals surface area contributed by atoms with Gasteiger partial charge in [0.2, 0.25) is 5.91 Å². The molecular formula is C12H17BrN2O2. The Labute approximate surface area is 110 Å². The van der Waals surface area contributed by atoms with Gasteiger partial charge in [0.15, 0.2) is 0 Å². The van der Waals surface area contributed by atoms with Gasteiger partial charge >= 0.3 is 0 Å². The van der Waals surface area contributed by atoms with Crippen LogP contribution in [0, 0.1) is 0 Å². The van der Waals surface area contributed by atoms with Gasteiger partial charge in [0.1, 0.15) is 0 Å². The van der Waals surface area contributed by atoms with Crippen LogP contribution in [0.5, 0.6) is 0 Å². The van der Waals surface area contributed by atoms with E-state index in [9.17, 15) is 4.79 Å². The number of nitrogens with two attached hydrogens (primary N) is 1. The molecule has 0 aliphatic carbocycles. The van der Waals surface area contributed by atoms with Gasteiger partial charge in [0, 0.05) is 23.9 Å². The van der Waals surface area contributed by atoms with Crippen LogP contribution in [0.25, 0.3) is 0 Å². The average molecular weight is 301 g/mol. The van der Waals surface area contributed by atoms with Crippen LogP contribution in [0.3, 0.4) is 0 Å². The number of methoxy groups -OCH3 is 1. The summed E-state index contributed by atoms with van der Waals surface area (Å²) in [6.07, 6.45) is 1.40. The van der Waals surface area contributed by atoms with Crippen LogP contribution in [0.2, 0.25) is 0 Å². The van der Waals surface area contributed by atoms with Gasteiger partial charge in [0.25, 0.3) is 0 Å². The molecule has 17 heavy (non-hydrogen) atoms. The van der Waals surface area contributed by atoms with Crippen LogP contribution in [-0.2, 0) is 9.53 Å². The molecule has 4 nitrogen and oxygen atoms in total. The molecule has 0 bridgehead atoms. The second kappa shape index (κ2) is 7.42. The zero-order valence-corrected chi connectivity index (χ0v) is 11.4. The Balaban J connectivity index is 2.40. The molecule has 3 N–H and O–H groups in total. The lowest BCUT2D eigenvalue weighted by atomic mass is 10.1. The first-order chi connectivity index (χ1) is 8.13. The summed E-state index contributed by atoms with van der Waals surface area (Å²) >= 11 is 3.33. The van der Waals surface area contributed by atoms with E-state index in [2.05, 4.69) is 21.2 Å². The minimum atomic E-state index is -0.492. The molecule has 5 heteroatoms. The van der Waals surface area contributed by atoms with Crippen molar-refractivity contribution < 1.29 is 9.53 Å². The maximum Gasteiger partial charge on any atom is 0.241 e. The first-order valence-electron chi connectivity index (χ1n) is 5.44. The summed E-state index contributed by atoms with van der Waals surface area (Å²) < 4.78 is 5.88. The Kier molecular flexibility index (Phi) is 6.18. The van der Waals surface area contributed by atoms with Crippen LogP contribution in [0.4, 0.5) is 5.69 Å². The molecule has 0 saturated carbocycles. The summed E-state index contributed by atoms with van der Waals surface area (Å²) in [4.78, 5) is 11.7. The fourth-order valence-corrected chi connectivity index (χ4v) is 1.61. The number of benzene rings is 1. The third kappa shape index (κ3) is 5.30. The lowest BCUT2D eigenvalue weighted by Crippen LogP contribution is -2.35. The number of hydrogen-bond acceptors (Lipinski definition) is 3. The third-order valence-electron chi connectivity index (χ3n) is 2.31. The van der Waals surface area contributed by atoms with Crippen molar-refractivity contribution in [1.82, 2.24) is 0 Å². The van der Waals surface area contributed by atoms with Crippen molar-refractivity contribution in [2.45, 2.75) is 18.9 Å². The maximum absolute atomic E-state index is 11.7. The normalized spacial score (nSPS) is 12.2. The van der Waals surface area contributed by atoms with Gasteiger partial charge < -0.3 is 15.8 Å². The van der Waals surface area contributed by atoms with Gasteiger partial charge in [-0.25, -0.2) is 0 Å². The van der Waals surface area contributed by atoms with Crippen molar-refractivity contribution in [1.29, 1.82) is 0 Å². The highest BCUT2D eigenvalue weighted by atomic mass is 79.9. The van der Waals surface area contributed by atoms with E-state index >= 15 is 0 Å². The summed E-state index contributed by atoms with van der Waals surface area (Å²) in [5.74, 6) is -0.163. The summed E-state index contributed by atoms with van der Waals surface area (Å²) in [6, 6.07) is 6.89. The smallest absolute Gasteiger partial charge is 0.241 e. The highest BCUT2D eigenvalue weighted by Gasteiger charge is 2.12. The Morgan fingerprint density at radius 2 is 2.12 bits per heavy atom. The fraction of sp³-hybridized carbons (Fsp3) is 0.417. The number of halogens is 1. The molecule has 0 aromatic heterocycles. The lowest BCUT2D eigenvalue weighted by Gasteiger charge is -2.11. The Morgan fingerprint density at radius 1 is 1.47 bits per heavy atom. The molecule has 0 spiro atoms. The molecule has 94 valence electrons. The van der Waals surface area contributed by atoms with Crippen molar-refractivity contribution in [2.24, 2.45) is 5.73 Å². The highest BCUT2D eigenvalue weighted by Crippen LogP contribution is 2.14. The molecule has 1 unspecified atom stereocenters. The van der Waals surface area contributed by atoms with E-state index in [1.165, 1.54) is 0 Å². The molecule has 0 fully saturated rings. The Bertz CT molecular complexity index is 354. The molecule has 1 aromatic rings. The van der Waals surface area contributed by atoms with E-state index < -0.39 is 6.04 Å². The molecule has 0 heterocycles. The van der Waals surface area contributed by atoms with Gasteiger partial charge in [-0.15, -0.1) is 0 Å². The summed E-state index contributed by atoms with van der Waals surface area (Å²) in [5.41, 5.74) is 6.51. The quantitative estimate of drug-likeness (QED) is 0.791. The Morgan fingerprint density at radius 3 is 2.71 bits per heavy atom. The van der Waals surface area contributed by atoms with E-state index in [0.717, 1.165) is 16.6 Å². The van der Waals surface area contributed by atoms with Crippen molar-refractivity contribution in [2.75, 3.05) is 19.0 Å². The van der Waals surface area contributed by atoms with Crippen LogP contribution in [0.1, 0.15) is 12.8 Å².